The maximum Gasteiger partial charge on any atom is 0.332 e. The van der Waals surface area contributed by atoms with E-state index in [1.807, 2.05) is 0 Å². The molecule has 108 valence electrons. The fraction of sp³-hybridized carbons (Fsp3) is 0.273. The van der Waals surface area contributed by atoms with Gasteiger partial charge in [0.2, 0.25) is 5.82 Å². The number of aliphatic hydroxyl groups excluding tert-OH is 1. The summed E-state index contributed by atoms with van der Waals surface area (Å²) < 4.78 is 13.1. The fourth-order valence-corrected chi connectivity index (χ4v) is 1.34. The molecular weight excluding hydrogens is 275 g/mol. The van der Waals surface area contributed by atoms with Crippen LogP contribution in [0, 0.1) is 15.9 Å². The van der Waals surface area contributed by atoms with Gasteiger partial charge in [-0.25, -0.2) is 4.79 Å². The van der Waals surface area contributed by atoms with Crippen molar-refractivity contribution in [2.24, 2.45) is 0 Å². The molecule has 0 aliphatic carbocycles. The molecule has 1 aromatic carbocycles. The molecule has 1 atom stereocenters. The molecule has 0 saturated carbocycles. The van der Waals surface area contributed by atoms with Crippen molar-refractivity contribution < 1.29 is 29.1 Å². The number of carboxylic acids is 1. The SMILES string of the molecule is O=C(NCCC(O)C(=O)O)c1ccc(F)c([N+](=O)[O-])c1. The number of carbonyl (C=O) groups excluding carboxylic acids is 1. The van der Waals surface area contributed by atoms with Crippen LogP contribution in [0.4, 0.5) is 10.1 Å². The Morgan fingerprint density at radius 1 is 1.45 bits per heavy atom. The second-order valence-electron chi connectivity index (χ2n) is 3.82. The smallest absolute Gasteiger partial charge is 0.332 e. The molecule has 0 aromatic heterocycles. The molecule has 1 amide bonds. The number of rotatable bonds is 6. The number of amides is 1. The summed E-state index contributed by atoms with van der Waals surface area (Å²) in [7, 11) is 0. The minimum absolute atomic E-state index is 0.136. The van der Waals surface area contributed by atoms with Gasteiger partial charge in [-0.2, -0.15) is 4.39 Å². The predicted molar refractivity (Wildman–Crippen MR) is 63.6 cm³/mol. The van der Waals surface area contributed by atoms with Crippen LogP contribution in [-0.4, -0.2) is 39.7 Å². The van der Waals surface area contributed by atoms with Gasteiger partial charge in [0.05, 0.1) is 4.92 Å². The van der Waals surface area contributed by atoms with Crippen molar-refractivity contribution in [2.45, 2.75) is 12.5 Å². The Hall–Kier alpha value is -2.55. The molecule has 0 aliphatic rings. The Bertz CT molecular complexity index is 548. The fourth-order valence-electron chi connectivity index (χ4n) is 1.34. The van der Waals surface area contributed by atoms with E-state index in [0.717, 1.165) is 18.2 Å². The van der Waals surface area contributed by atoms with Crippen LogP contribution in [-0.2, 0) is 4.79 Å². The number of hydrogen-bond acceptors (Lipinski definition) is 5. The Labute approximate surface area is 112 Å². The first-order valence-electron chi connectivity index (χ1n) is 5.46. The van der Waals surface area contributed by atoms with Gasteiger partial charge < -0.3 is 15.5 Å². The third-order valence-electron chi connectivity index (χ3n) is 2.39. The highest BCUT2D eigenvalue weighted by molar-refractivity contribution is 5.94. The van der Waals surface area contributed by atoms with Gasteiger partial charge >= 0.3 is 11.7 Å². The van der Waals surface area contributed by atoms with Gasteiger partial charge in [0.15, 0.2) is 6.10 Å². The Balaban J connectivity index is 2.67. The Morgan fingerprint density at radius 3 is 2.65 bits per heavy atom. The second kappa shape index (κ2) is 6.57. The summed E-state index contributed by atoms with van der Waals surface area (Å²) in [5.41, 5.74) is -0.967. The zero-order valence-corrected chi connectivity index (χ0v) is 10.1. The summed E-state index contributed by atoms with van der Waals surface area (Å²) in [4.78, 5) is 31.5. The van der Waals surface area contributed by atoms with Crippen LogP contribution in [0.25, 0.3) is 0 Å². The van der Waals surface area contributed by atoms with E-state index in [4.69, 9.17) is 10.2 Å². The summed E-state index contributed by atoms with van der Waals surface area (Å²) in [5, 5.41) is 30.2. The Kier molecular flexibility index (Phi) is 5.09. The van der Waals surface area contributed by atoms with Crippen molar-refractivity contribution in [1.29, 1.82) is 0 Å². The van der Waals surface area contributed by atoms with Crippen molar-refractivity contribution in [3.8, 4) is 0 Å². The molecular formula is C11H11FN2O6. The first-order chi connectivity index (χ1) is 9.32. The topological polar surface area (TPSA) is 130 Å². The second-order valence-corrected chi connectivity index (χ2v) is 3.82. The van der Waals surface area contributed by atoms with Gasteiger partial charge in [-0.15, -0.1) is 0 Å². The molecule has 8 nitrogen and oxygen atoms in total. The lowest BCUT2D eigenvalue weighted by molar-refractivity contribution is -0.387. The van der Waals surface area contributed by atoms with E-state index in [9.17, 15) is 24.1 Å². The van der Waals surface area contributed by atoms with E-state index in [-0.39, 0.29) is 18.5 Å². The third-order valence-corrected chi connectivity index (χ3v) is 2.39. The zero-order valence-electron chi connectivity index (χ0n) is 10.1. The lowest BCUT2D eigenvalue weighted by Crippen LogP contribution is -2.30. The number of nitro groups is 1. The highest BCUT2D eigenvalue weighted by Gasteiger charge is 2.18. The highest BCUT2D eigenvalue weighted by Crippen LogP contribution is 2.18. The molecule has 0 bridgehead atoms. The van der Waals surface area contributed by atoms with Crippen LogP contribution in [0.3, 0.4) is 0 Å². The summed E-state index contributed by atoms with van der Waals surface area (Å²) in [5.74, 6) is -3.21. The molecule has 20 heavy (non-hydrogen) atoms. The molecule has 0 aliphatic heterocycles. The van der Waals surface area contributed by atoms with Gasteiger partial charge in [0, 0.05) is 24.6 Å². The first-order valence-corrected chi connectivity index (χ1v) is 5.46. The van der Waals surface area contributed by atoms with Gasteiger partial charge in [-0.05, 0) is 12.1 Å². The summed E-state index contributed by atoms with van der Waals surface area (Å²) >= 11 is 0. The van der Waals surface area contributed by atoms with Gasteiger partial charge in [0.1, 0.15) is 0 Å². The van der Waals surface area contributed by atoms with E-state index < -0.39 is 34.4 Å². The van der Waals surface area contributed by atoms with E-state index in [2.05, 4.69) is 5.32 Å². The largest absolute Gasteiger partial charge is 0.479 e. The number of nitro benzene ring substituents is 1. The van der Waals surface area contributed by atoms with Crippen molar-refractivity contribution in [1.82, 2.24) is 5.32 Å². The lowest BCUT2D eigenvalue weighted by Gasteiger charge is -2.07. The Morgan fingerprint density at radius 2 is 2.10 bits per heavy atom. The standard InChI is InChI=1S/C11H11FN2O6/c12-7-2-1-6(5-8(7)14(19)20)10(16)13-4-3-9(15)11(17)18/h1-2,5,9,15H,3-4H2,(H,13,16)(H,17,18). The average molecular weight is 286 g/mol. The van der Waals surface area contributed by atoms with E-state index in [1.54, 1.807) is 0 Å². The maximum atomic E-state index is 13.1. The number of nitrogens with zero attached hydrogens (tertiary/aromatic N) is 1. The van der Waals surface area contributed by atoms with Crippen LogP contribution in [0.2, 0.25) is 0 Å². The molecule has 0 saturated heterocycles. The van der Waals surface area contributed by atoms with Crippen LogP contribution in [0.5, 0.6) is 0 Å². The van der Waals surface area contributed by atoms with E-state index >= 15 is 0 Å². The number of aliphatic carboxylic acids is 1. The number of benzene rings is 1. The van der Waals surface area contributed by atoms with Crippen molar-refractivity contribution in [2.75, 3.05) is 6.54 Å². The molecule has 1 rings (SSSR count). The molecule has 9 heteroatoms. The molecule has 0 heterocycles. The summed E-state index contributed by atoms with van der Waals surface area (Å²) in [6.45, 7) is -0.141. The number of aliphatic hydroxyl groups is 1. The number of hydrogen-bond donors (Lipinski definition) is 3. The summed E-state index contributed by atoms with van der Waals surface area (Å²) in [6.07, 6.45) is -1.83. The molecule has 0 fully saturated rings. The minimum Gasteiger partial charge on any atom is -0.479 e. The van der Waals surface area contributed by atoms with Gasteiger partial charge in [-0.1, -0.05) is 0 Å². The molecule has 3 N–H and O–H groups in total. The summed E-state index contributed by atoms with van der Waals surface area (Å²) in [6, 6.07) is 2.63. The van der Waals surface area contributed by atoms with Crippen molar-refractivity contribution in [3.63, 3.8) is 0 Å². The predicted octanol–water partition coefficient (Wildman–Crippen LogP) is 0.299. The van der Waals surface area contributed by atoms with Gasteiger partial charge in [-0.3, -0.25) is 14.9 Å². The number of nitrogens with one attached hydrogen (secondary N) is 1. The zero-order chi connectivity index (χ0) is 15.3. The van der Waals surface area contributed by atoms with Crippen LogP contribution >= 0.6 is 0 Å². The first kappa shape index (κ1) is 15.5. The maximum absolute atomic E-state index is 13.1. The third kappa shape index (κ3) is 3.99. The van der Waals surface area contributed by atoms with E-state index in [0.29, 0.717) is 0 Å². The minimum atomic E-state index is -1.61. The molecule has 1 aromatic rings. The number of halogens is 1. The average Bonchev–Trinajstić information content (AvgIpc) is 2.38. The van der Waals surface area contributed by atoms with Crippen LogP contribution in [0.1, 0.15) is 16.8 Å². The molecule has 0 spiro atoms. The van der Waals surface area contributed by atoms with Crippen molar-refractivity contribution in [3.05, 3.63) is 39.7 Å². The van der Waals surface area contributed by atoms with Crippen LogP contribution in [0.15, 0.2) is 18.2 Å². The quantitative estimate of drug-likeness (QED) is 0.509. The van der Waals surface area contributed by atoms with Gasteiger partial charge in [0.25, 0.3) is 5.91 Å². The highest BCUT2D eigenvalue weighted by atomic mass is 19.1. The molecule has 0 radical (unpaired) electrons. The number of carboxylic acid groups (broad SMARTS) is 1. The molecule has 1 unspecified atom stereocenters. The van der Waals surface area contributed by atoms with Crippen LogP contribution < -0.4 is 5.32 Å². The lowest BCUT2D eigenvalue weighted by atomic mass is 10.1. The number of carbonyl (C=O) groups is 2. The normalized spacial score (nSPS) is 11.7. The van der Waals surface area contributed by atoms with Crippen molar-refractivity contribution >= 4 is 17.6 Å². The monoisotopic (exact) mass is 286 g/mol. The van der Waals surface area contributed by atoms with E-state index in [1.165, 1.54) is 0 Å².